The summed E-state index contributed by atoms with van der Waals surface area (Å²) in [4.78, 5) is 4.08. The van der Waals surface area contributed by atoms with Crippen molar-refractivity contribution < 1.29 is 33.2 Å². The molecule has 1 aliphatic rings. The number of rotatable bonds is 11. The van der Waals surface area contributed by atoms with E-state index in [1.54, 1.807) is 14.2 Å². The SMILES string of the molecule is COCOC[C@H]1OC[C@H](N=C=S)[C@@H](OCOC)[C@H]1OCOC. The zero-order valence-corrected chi connectivity index (χ0v) is 13.9. The van der Waals surface area contributed by atoms with Crippen LogP contribution in [0.25, 0.3) is 0 Å². The Labute approximate surface area is 135 Å². The van der Waals surface area contributed by atoms with Gasteiger partial charge in [-0.3, -0.25) is 0 Å². The maximum absolute atomic E-state index is 5.75. The van der Waals surface area contributed by atoms with Crippen LogP contribution in [-0.2, 0) is 33.2 Å². The molecule has 0 saturated carbocycles. The first kappa shape index (κ1) is 19.6. The van der Waals surface area contributed by atoms with Crippen molar-refractivity contribution in [3.05, 3.63) is 0 Å². The molecular formula is C13H23NO7S. The lowest BCUT2D eigenvalue weighted by Crippen LogP contribution is -2.56. The van der Waals surface area contributed by atoms with Crippen molar-refractivity contribution in [2.24, 2.45) is 4.99 Å². The number of ether oxygens (including phenoxy) is 7. The Morgan fingerprint density at radius 3 is 2.27 bits per heavy atom. The van der Waals surface area contributed by atoms with Crippen LogP contribution in [0.15, 0.2) is 4.99 Å². The lowest BCUT2D eigenvalue weighted by Gasteiger charge is -2.40. The molecule has 0 spiro atoms. The van der Waals surface area contributed by atoms with Crippen molar-refractivity contribution >= 4 is 17.4 Å². The van der Waals surface area contributed by atoms with Crippen LogP contribution in [-0.4, -0.2) is 84.4 Å². The molecule has 9 heteroatoms. The van der Waals surface area contributed by atoms with Gasteiger partial charge in [-0.15, -0.1) is 0 Å². The molecule has 0 bridgehead atoms. The number of hydrogen-bond acceptors (Lipinski definition) is 9. The van der Waals surface area contributed by atoms with Gasteiger partial charge in [0.2, 0.25) is 0 Å². The van der Waals surface area contributed by atoms with Crippen LogP contribution in [0.1, 0.15) is 0 Å². The molecule has 1 aliphatic heterocycles. The van der Waals surface area contributed by atoms with Gasteiger partial charge >= 0.3 is 0 Å². The molecule has 0 amide bonds. The van der Waals surface area contributed by atoms with Crippen molar-refractivity contribution in [2.75, 3.05) is 54.9 Å². The summed E-state index contributed by atoms with van der Waals surface area (Å²) in [6.07, 6.45) is -1.20. The number of nitrogens with zero attached hydrogens (tertiary/aromatic N) is 1. The van der Waals surface area contributed by atoms with Crippen LogP contribution in [0.2, 0.25) is 0 Å². The highest BCUT2D eigenvalue weighted by Crippen LogP contribution is 2.24. The van der Waals surface area contributed by atoms with Gasteiger partial charge in [-0.2, -0.15) is 0 Å². The third-order valence-corrected chi connectivity index (χ3v) is 3.11. The Hall–Kier alpha value is -0.480. The van der Waals surface area contributed by atoms with E-state index in [4.69, 9.17) is 33.2 Å². The van der Waals surface area contributed by atoms with Crippen LogP contribution >= 0.6 is 12.2 Å². The van der Waals surface area contributed by atoms with Crippen LogP contribution in [0, 0.1) is 0 Å². The van der Waals surface area contributed by atoms with Gasteiger partial charge in [-0.1, -0.05) is 0 Å². The monoisotopic (exact) mass is 337 g/mol. The maximum atomic E-state index is 5.75. The second kappa shape index (κ2) is 12.0. The third kappa shape index (κ3) is 6.33. The standard InChI is InChI=1S/C13H23NO7S/c1-15-7-18-5-11-13(21-9-17-3)12(20-8-16-2)10(4-19-11)14-6-22/h10-13H,4-5,7-9H2,1-3H3/t10-,11+,12+,13-/m0/s1. The molecule has 1 rings (SSSR count). The van der Waals surface area contributed by atoms with Crippen molar-refractivity contribution in [1.29, 1.82) is 0 Å². The molecule has 8 nitrogen and oxygen atoms in total. The molecule has 0 radical (unpaired) electrons. The fraction of sp³-hybridized carbons (Fsp3) is 0.923. The molecule has 1 saturated heterocycles. The highest BCUT2D eigenvalue weighted by atomic mass is 32.1. The first-order valence-corrected chi connectivity index (χ1v) is 7.15. The summed E-state index contributed by atoms with van der Waals surface area (Å²) in [5.74, 6) is 0. The first-order valence-electron chi connectivity index (χ1n) is 6.74. The van der Waals surface area contributed by atoms with Gasteiger partial charge in [0.05, 0.1) is 18.4 Å². The van der Waals surface area contributed by atoms with E-state index in [0.717, 1.165) is 0 Å². The third-order valence-electron chi connectivity index (χ3n) is 3.01. The minimum atomic E-state index is -0.446. The van der Waals surface area contributed by atoms with Crippen molar-refractivity contribution in [3.8, 4) is 0 Å². The maximum Gasteiger partial charge on any atom is 0.146 e. The van der Waals surface area contributed by atoms with E-state index in [1.165, 1.54) is 7.11 Å². The van der Waals surface area contributed by atoms with E-state index in [-0.39, 0.29) is 32.5 Å². The van der Waals surface area contributed by atoms with Gasteiger partial charge in [0.15, 0.2) is 0 Å². The smallest absolute Gasteiger partial charge is 0.146 e. The van der Waals surface area contributed by atoms with Crippen LogP contribution in [0.3, 0.4) is 0 Å². The predicted octanol–water partition coefficient (Wildman–Crippen LogP) is 0.455. The van der Waals surface area contributed by atoms with E-state index < -0.39 is 12.2 Å². The zero-order chi connectivity index (χ0) is 16.2. The van der Waals surface area contributed by atoms with Gasteiger partial charge in [-0.25, -0.2) is 4.99 Å². The minimum absolute atomic E-state index is 0.0929. The molecule has 0 aromatic rings. The van der Waals surface area contributed by atoms with Crippen molar-refractivity contribution in [2.45, 2.75) is 24.4 Å². The van der Waals surface area contributed by atoms with Crippen LogP contribution in [0.5, 0.6) is 0 Å². The topological polar surface area (TPSA) is 77.0 Å². The number of isothiocyanates is 1. The molecule has 0 unspecified atom stereocenters. The Morgan fingerprint density at radius 1 is 1.05 bits per heavy atom. The Morgan fingerprint density at radius 2 is 1.68 bits per heavy atom. The highest BCUT2D eigenvalue weighted by molar-refractivity contribution is 7.78. The first-order chi connectivity index (χ1) is 10.8. The number of aliphatic imine (C=N–C) groups is 1. The lowest BCUT2D eigenvalue weighted by atomic mass is 9.98. The van der Waals surface area contributed by atoms with E-state index in [9.17, 15) is 0 Å². The number of methoxy groups -OCH3 is 3. The van der Waals surface area contributed by atoms with Crippen LogP contribution in [0.4, 0.5) is 0 Å². The van der Waals surface area contributed by atoms with E-state index in [2.05, 4.69) is 22.4 Å². The number of thiocarbonyl (C=S) groups is 1. The van der Waals surface area contributed by atoms with Crippen molar-refractivity contribution in [1.82, 2.24) is 0 Å². The highest BCUT2D eigenvalue weighted by Gasteiger charge is 2.42. The molecule has 4 atom stereocenters. The van der Waals surface area contributed by atoms with Gasteiger partial charge < -0.3 is 33.2 Å². The normalized spacial score (nSPS) is 28.3. The van der Waals surface area contributed by atoms with E-state index >= 15 is 0 Å². The minimum Gasteiger partial charge on any atom is -0.371 e. The summed E-state index contributed by atoms with van der Waals surface area (Å²) in [7, 11) is 4.63. The molecule has 128 valence electrons. The Bertz CT molecular complexity index is 340. The number of hydrogen-bond donors (Lipinski definition) is 0. The molecular weight excluding hydrogens is 314 g/mol. The summed E-state index contributed by atoms with van der Waals surface area (Å²) >= 11 is 4.67. The largest absolute Gasteiger partial charge is 0.371 e. The van der Waals surface area contributed by atoms with E-state index in [1.807, 2.05) is 0 Å². The second-order valence-corrected chi connectivity index (χ2v) is 4.70. The fourth-order valence-corrected chi connectivity index (χ4v) is 2.25. The average molecular weight is 337 g/mol. The van der Waals surface area contributed by atoms with Gasteiger partial charge in [0.1, 0.15) is 44.7 Å². The molecule has 22 heavy (non-hydrogen) atoms. The van der Waals surface area contributed by atoms with Gasteiger partial charge in [-0.05, 0) is 12.2 Å². The van der Waals surface area contributed by atoms with E-state index in [0.29, 0.717) is 13.2 Å². The second-order valence-electron chi connectivity index (χ2n) is 4.51. The predicted molar refractivity (Wildman–Crippen MR) is 79.9 cm³/mol. The summed E-state index contributed by atoms with van der Waals surface area (Å²) < 4.78 is 37.3. The molecule has 1 heterocycles. The lowest BCUT2D eigenvalue weighted by molar-refractivity contribution is -0.236. The molecule has 0 aromatic carbocycles. The molecule has 1 fully saturated rings. The summed E-state index contributed by atoms with van der Waals surface area (Å²) in [6.45, 7) is 0.985. The van der Waals surface area contributed by atoms with Gasteiger partial charge in [0.25, 0.3) is 0 Å². The molecule has 0 aliphatic carbocycles. The fourth-order valence-electron chi connectivity index (χ4n) is 2.11. The quantitative estimate of drug-likeness (QED) is 0.233. The van der Waals surface area contributed by atoms with Crippen LogP contribution < -0.4 is 0 Å². The Kier molecular flexibility index (Phi) is 10.7. The molecule has 0 aromatic heterocycles. The summed E-state index contributed by atoms with van der Waals surface area (Å²) in [6, 6.07) is -0.326. The van der Waals surface area contributed by atoms with Gasteiger partial charge in [0, 0.05) is 21.3 Å². The molecule has 0 N–H and O–H groups in total. The zero-order valence-electron chi connectivity index (χ0n) is 13.1. The summed E-state index contributed by atoms with van der Waals surface area (Å²) in [5.41, 5.74) is 0. The van der Waals surface area contributed by atoms with Crippen molar-refractivity contribution in [3.63, 3.8) is 0 Å². The Balaban J connectivity index is 2.78. The summed E-state index contributed by atoms with van der Waals surface area (Å²) in [5, 5.41) is 2.36. The average Bonchev–Trinajstić information content (AvgIpc) is 2.53.